The summed E-state index contributed by atoms with van der Waals surface area (Å²) in [6, 6.07) is 4.12. The van der Waals surface area contributed by atoms with Crippen LogP contribution in [0.4, 0.5) is 0 Å². The van der Waals surface area contributed by atoms with Crippen molar-refractivity contribution >= 4 is 5.96 Å². The molecular weight excluding hydrogens is 290 g/mol. The van der Waals surface area contributed by atoms with Gasteiger partial charge >= 0.3 is 0 Å². The molecule has 0 fully saturated rings. The highest BCUT2D eigenvalue weighted by atomic mass is 15.1. The van der Waals surface area contributed by atoms with Crippen LogP contribution in [0.3, 0.4) is 0 Å². The summed E-state index contributed by atoms with van der Waals surface area (Å²) in [5.74, 6) is 0.490. The average Bonchev–Trinajstić information content (AvgIpc) is 3.06. The van der Waals surface area contributed by atoms with Crippen LogP contribution in [-0.4, -0.2) is 40.5 Å². The topological polar surface area (TPSA) is 104 Å². The van der Waals surface area contributed by atoms with Gasteiger partial charge in [-0.3, -0.25) is 9.98 Å². The first-order chi connectivity index (χ1) is 11.2. The first kappa shape index (κ1) is 17.0. The number of nitrogens with two attached hydrogens (primary N) is 1. The molecule has 2 rings (SSSR count). The number of guanidine groups is 1. The molecule has 23 heavy (non-hydrogen) atoms. The van der Waals surface area contributed by atoms with Gasteiger partial charge < -0.3 is 21.4 Å². The van der Waals surface area contributed by atoms with Gasteiger partial charge in [-0.05, 0) is 31.5 Å². The Labute approximate surface area is 136 Å². The van der Waals surface area contributed by atoms with Crippen LogP contribution in [0.5, 0.6) is 0 Å². The molecule has 7 heteroatoms. The molecule has 0 aliphatic rings. The highest BCUT2D eigenvalue weighted by Crippen LogP contribution is 1.97. The number of H-pyrrole nitrogens is 1. The van der Waals surface area contributed by atoms with Gasteiger partial charge in [0.2, 0.25) is 0 Å². The van der Waals surface area contributed by atoms with Crippen molar-refractivity contribution < 1.29 is 0 Å². The fraction of sp³-hybridized carbons (Fsp3) is 0.438. The summed E-state index contributed by atoms with van der Waals surface area (Å²) in [5, 5.41) is 6.45. The molecule has 0 saturated carbocycles. The average molecular weight is 315 g/mol. The maximum Gasteiger partial charge on any atom is 0.188 e. The molecule has 0 bridgehead atoms. The first-order valence-corrected chi connectivity index (χ1v) is 7.87. The fourth-order valence-corrected chi connectivity index (χ4v) is 2.03. The van der Waals surface area contributed by atoms with Crippen molar-refractivity contribution in [1.82, 2.24) is 25.6 Å². The molecule has 0 aliphatic heterocycles. The number of aryl methyl sites for hydroxylation is 1. The third kappa shape index (κ3) is 6.92. The van der Waals surface area contributed by atoms with E-state index in [0.29, 0.717) is 12.5 Å². The molecule has 0 radical (unpaired) electrons. The van der Waals surface area contributed by atoms with E-state index >= 15 is 0 Å². The van der Waals surface area contributed by atoms with E-state index in [1.54, 1.807) is 6.33 Å². The predicted octanol–water partition coefficient (Wildman–Crippen LogP) is 0.740. The molecule has 124 valence electrons. The Bertz CT molecular complexity index is 575. The van der Waals surface area contributed by atoms with E-state index in [4.69, 9.17) is 5.73 Å². The molecule has 0 spiro atoms. The van der Waals surface area contributed by atoms with E-state index in [2.05, 4.69) is 36.6 Å². The van der Waals surface area contributed by atoms with Gasteiger partial charge in [0.05, 0.1) is 12.0 Å². The zero-order chi connectivity index (χ0) is 16.3. The molecule has 0 atom stereocenters. The Morgan fingerprint density at radius 2 is 2.22 bits per heavy atom. The van der Waals surface area contributed by atoms with Crippen LogP contribution in [0.15, 0.2) is 35.8 Å². The van der Waals surface area contributed by atoms with Crippen molar-refractivity contribution in [2.45, 2.75) is 26.3 Å². The summed E-state index contributed by atoms with van der Waals surface area (Å²) in [6.45, 7) is 5.16. The highest BCUT2D eigenvalue weighted by Gasteiger charge is 1.96. The van der Waals surface area contributed by atoms with Gasteiger partial charge in [-0.1, -0.05) is 6.07 Å². The van der Waals surface area contributed by atoms with Crippen LogP contribution in [0.25, 0.3) is 0 Å². The largest absolute Gasteiger partial charge is 0.370 e. The van der Waals surface area contributed by atoms with Crippen LogP contribution in [0.2, 0.25) is 0 Å². The normalized spacial score (nSPS) is 11.6. The number of rotatable bonds is 9. The number of nitrogens with one attached hydrogen (secondary N) is 3. The van der Waals surface area contributed by atoms with E-state index in [1.165, 1.54) is 5.56 Å². The van der Waals surface area contributed by atoms with Crippen molar-refractivity contribution in [3.8, 4) is 0 Å². The number of hydrogen-bond acceptors (Lipinski definition) is 4. The maximum atomic E-state index is 5.82. The molecule has 7 nitrogen and oxygen atoms in total. The Balaban J connectivity index is 1.51. The van der Waals surface area contributed by atoms with Gasteiger partial charge in [-0.2, -0.15) is 0 Å². The van der Waals surface area contributed by atoms with E-state index in [0.717, 1.165) is 43.9 Å². The van der Waals surface area contributed by atoms with Crippen LogP contribution >= 0.6 is 0 Å². The zero-order valence-electron chi connectivity index (χ0n) is 13.5. The summed E-state index contributed by atoms with van der Waals surface area (Å²) in [6.07, 6.45) is 7.16. The molecule has 0 aliphatic carbocycles. The first-order valence-electron chi connectivity index (χ1n) is 7.87. The van der Waals surface area contributed by atoms with Gasteiger partial charge in [0.15, 0.2) is 5.96 Å². The molecule has 2 aromatic rings. The number of aromatic amines is 1. The summed E-state index contributed by atoms with van der Waals surface area (Å²) in [4.78, 5) is 15.7. The molecule has 0 amide bonds. The van der Waals surface area contributed by atoms with Gasteiger partial charge in [0.1, 0.15) is 0 Å². The Kier molecular flexibility index (Phi) is 7.06. The predicted molar refractivity (Wildman–Crippen MR) is 92.1 cm³/mol. The lowest BCUT2D eigenvalue weighted by Gasteiger charge is -2.05. The SMILES string of the molecule is Cc1ccc(CNCCCN=C(N)NCCc2cnc[nH]2)nc1. The van der Waals surface area contributed by atoms with Gasteiger partial charge in [-0.25, -0.2) is 4.98 Å². The van der Waals surface area contributed by atoms with Gasteiger partial charge in [-0.15, -0.1) is 0 Å². The van der Waals surface area contributed by atoms with Crippen molar-refractivity contribution in [2.75, 3.05) is 19.6 Å². The number of nitrogens with zero attached hydrogens (tertiary/aromatic N) is 3. The summed E-state index contributed by atoms with van der Waals surface area (Å²) in [5.41, 5.74) is 9.13. The Hall–Kier alpha value is -2.41. The summed E-state index contributed by atoms with van der Waals surface area (Å²) < 4.78 is 0. The molecule has 0 saturated heterocycles. The van der Waals surface area contributed by atoms with Gasteiger partial charge in [0.25, 0.3) is 0 Å². The lowest BCUT2D eigenvalue weighted by Crippen LogP contribution is -2.33. The van der Waals surface area contributed by atoms with Crippen molar-refractivity contribution in [1.29, 1.82) is 0 Å². The summed E-state index contributed by atoms with van der Waals surface area (Å²) >= 11 is 0. The zero-order valence-corrected chi connectivity index (χ0v) is 13.5. The number of pyridine rings is 1. The smallest absolute Gasteiger partial charge is 0.188 e. The van der Waals surface area contributed by atoms with E-state index in [1.807, 2.05) is 25.4 Å². The quantitative estimate of drug-likeness (QED) is 0.310. The minimum absolute atomic E-state index is 0.490. The molecule has 0 aromatic carbocycles. The summed E-state index contributed by atoms with van der Waals surface area (Å²) in [7, 11) is 0. The lowest BCUT2D eigenvalue weighted by molar-refractivity contribution is 0.645. The maximum absolute atomic E-state index is 5.82. The molecule has 5 N–H and O–H groups in total. The van der Waals surface area contributed by atoms with Crippen molar-refractivity contribution in [3.05, 3.63) is 47.8 Å². The fourth-order valence-electron chi connectivity index (χ4n) is 2.03. The number of aromatic nitrogens is 3. The Morgan fingerprint density at radius 1 is 1.30 bits per heavy atom. The standard InChI is InChI=1S/C16H25N7/c1-13-3-4-14(22-9-13)10-18-6-2-7-20-16(17)21-8-5-15-11-19-12-23-15/h3-4,9,11-12,18H,2,5-8,10H2,1H3,(H,19,23)(H3,17,20,21). The van der Waals surface area contributed by atoms with Crippen LogP contribution in [-0.2, 0) is 13.0 Å². The molecular formula is C16H25N7. The molecule has 0 unspecified atom stereocenters. The van der Waals surface area contributed by atoms with E-state index in [-0.39, 0.29) is 0 Å². The second kappa shape index (κ2) is 9.58. The highest BCUT2D eigenvalue weighted by molar-refractivity contribution is 5.77. The Morgan fingerprint density at radius 3 is 2.96 bits per heavy atom. The molecule has 2 aromatic heterocycles. The van der Waals surface area contributed by atoms with E-state index < -0.39 is 0 Å². The van der Waals surface area contributed by atoms with Crippen LogP contribution in [0.1, 0.15) is 23.4 Å². The third-order valence-corrected chi connectivity index (χ3v) is 3.33. The second-order valence-electron chi connectivity index (χ2n) is 5.38. The third-order valence-electron chi connectivity index (χ3n) is 3.33. The van der Waals surface area contributed by atoms with Crippen LogP contribution < -0.4 is 16.4 Å². The van der Waals surface area contributed by atoms with Crippen molar-refractivity contribution in [3.63, 3.8) is 0 Å². The minimum Gasteiger partial charge on any atom is -0.370 e. The molecule has 2 heterocycles. The number of hydrogen-bond donors (Lipinski definition) is 4. The monoisotopic (exact) mass is 315 g/mol. The van der Waals surface area contributed by atoms with Crippen LogP contribution in [0, 0.1) is 6.92 Å². The number of imidazole rings is 1. The van der Waals surface area contributed by atoms with E-state index in [9.17, 15) is 0 Å². The number of aliphatic imine (C=N–C) groups is 1. The second-order valence-corrected chi connectivity index (χ2v) is 5.38. The van der Waals surface area contributed by atoms with Gasteiger partial charge in [0, 0.05) is 44.1 Å². The van der Waals surface area contributed by atoms with Crippen molar-refractivity contribution in [2.24, 2.45) is 10.7 Å². The minimum atomic E-state index is 0.490. The lowest BCUT2D eigenvalue weighted by atomic mass is 10.3.